The Morgan fingerprint density at radius 3 is 2.13 bits per heavy atom. The minimum atomic E-state index is -4.83. The number of phosphoric ester groups is 1. The van der Waals surface area contributed by atoms with Crippen molar-refractivity contribution in [1.82, 2.24) is 0 Å². The molecular weight excluding hydrogens is 236 g/mol. The second-order valence-electron chi connectivity index (χ2n) is 2.33. The van der Waals surface area contributed by atoms with Gasteiger partial charge in [-0.1, -0.05) is 0 Å². The standard InChI is InChI=1S/C6H6NO6P.Na.H/c8-7(9)5-1-3-6(4-2-5)13-14(10,11)12;;/h1-4H,(H2-,8,9,10,11,12);;. The number of hydrogen-bond donors (Lipinski definition) is 2. The Hall–Kier alpha value is -0.430. The number of rotatable bonds is 3. The SMILES string of the molecule is O=[N+](O)c1ccc(OP(=O)([O-])O)cc1.[NaH]. The van der Waals surface area contributed by atoms with Crippen molar-refractivity contribution >= 4 is 43.1 Å². The van der Waals surface area contributed by atoms with Gasteiger partial charge in [-0.15, -0.1) is 0 Å². The summed E-state index contributed by atoms with van der Waals surface area (Å²) >= 11 is 0. The molecule has 1 rings (SSSR count). The van der Waals surface area contributed by atoms with Gasteiger partial charge in [0.05, 0.1) is 4.91 Å². The summed E-state index contributed by atoms with van der Waals surface area (Å²) in [6.45, 7) is 0. The molecule has 2 N–H and O–H groups in total. The molecule has 78 valence electrons. The van der Waals surface area contributed by atoms with Crippen molar-refractivity contribution in [3.63, 3.8) is 0 Å². The zero-order valence-corrected chi connectivity index (χ0v) is 7.63. The van der Waals surface area contributed by atoms with Crippen molar-refractivity contribution in [2.45, 2.75) is 0 Å². The van der Waals surface area contributed by atoms with Crippen LogP contribution in [-0.2, 0) is 4.57 Å². The van der Waals surface area contributed by atoms with E-state index in [4.69, 9.17) is 10.1 Å². The van der Waals surface area contributed by atoms with E-state index in [1.165, 1.54) is 0 Å². The van der Waals surface area contributed by atoms with Gasteiger partial charge in [0.2, 0.25) is 0 Å². The predicted molar refractivity (Wildman–Crippen MR) is 49.1 cm³/mol. The first-order chi connectivity index (χ1) is 6.38. The molecule has 0 saturated heterocycles. The maximum atomic E-state index is 10.3. The normalized spacial score (nSPS) is 13.5. The van der Waals surface area contributed by atoms with Crippen molar-refractivity contribution in [2.24, 2.45) is 0 Å². The molecule has 0 heterocycles. The molecule has 15 heavy (non-hydrogen) atoms. The van der Waals surface area contributed by atoms with Gasteiger partial charge in [-0.05, 0) is 12.1 Å². The summed E-state index contributed by atoms with van der Waals surface area (Å²) in [6.07, 6.45) is 0. The number of hydrogen-bond acceptors (Lipinski definition) is 4. The second kappa shape index (κ2) is 5.60. The van der Waals surface area contributed by atoms with Gasteiger partial charge in [-0.2, -0.15) is 0 Å². The molecule has 0 aliphatic carbocycles. The van der Waals surface area contributed by atoms with Crippen LogP contribution in [0.4, 0.5) is 5.69 Å². The van der Waals surface area contributed by atoms with E-state index in [-0.39, 0.29) is 45.9 Å². The molecule has 0 fully saturated rings. The molecule has 0 radical (unpaired) electrons. The van der Waals surface area contributed by atoms with Crippen LogP contribution in [0.3, 0.4) is 0 Å². The Morgan fingerprint density at radius 1 is 1.33 bits per heavy atom. The average molecular weight is 243 g/mol. The summed E-state index contributed by atoms with van der Waals surface area (Å²) in [7, 11) is -4.83. The third-order valence-corrected chi connectivity index (χ3v) is 1.72. The van der Waals surface area contributed by atoms with E-state index >= 15 is 0 Å². The zero-order chi connectivity index (χ0) is 10.8. The molecule has 0 aromatic heterocycles. The molecule has 7 nitrogen and oxygen atoms in total. The van der Waals surface area contributed by atoms with Crippen LogP contribution in [0.25, 0.3) is 0 Å². The van der Waals surface area contributed by atoms with Gasteiger partial charge in [0.25, 0.3) is 4.92 Å². The Balaban J connectivity index is 0.00000196. The third-order valence-electron chi connectivity index (χ3n) is 1.28. The van der Waals surface area contributed by atoms with E-state index in [2.05, 4.69) is 4.52 Å². The summed E-state index contributed by atoms with van der Waals surface area (Å²) in [5.74, 6) is -0.156. The fourth-order valence-electron chi connectivity index (χ4n) is 0.768. The second-order valence-corrected chi connectivity index (χ2v) is 3.45. The van der Waals surface area contributed by atoms with Gasteiger partial charge in [0, 0.05) is 12.1 Å². The Morgan fingerprint density at radius 2 is 1.80 bits per heavy atom. The minimum absolute atomic E-state index is 0. The van der Waals surface area contributed by atoms with E-state index in [0.717, 1.165) is 24.3 Å². The first kappa shape index (κ1) is 14.6. The van der Waals surface area contributed by atoms with Gasteiger partial charge >= 0.3 is 43.1 Å². The van der Waals surface area contributed by atoms with Gasteiger partial charge < -0.3 is 14.3 Å². The summed E-state index contributed by atoms with van der Waals surface area (Å²) in [4.78, 5) is 28.5. The zero-order valence-electron chi connectivity index (χ0n) is 6.73. The Labute approximate surface area is 107 Å². The first-order valence-electron chi connectivity index (χ1n) is 3.38. The molecular formula is C6H7NNaO6P. The topological polar surface area (TPSA) is 110 Å². The average Bonchev–Trinajstić information content (AvgIpc) is 2.02. The van der Waals surface area contributed by atoms with Gasteiger partial charge in [0.15, 0.2) is 0 Å². The fourth-order valence-corrected chi connectivity index (χ4v) is 1.16. The number of phosphoric acid groups is 1. The summed E-state index contributed by atoms with van der Waals surface area (Å²) < 4.78 is 14.3. The van der Waals surface area contributed by atoms with Crippen molar-refractivity contribution < 1.29 is 29.0 Å². The molecule has 1 unspecified atom stereocenters. The van der Waals surface area contributed by atoms with Crippen LogP contribution in [0.2, 0.25) is 0 Å². The summed E-state index contributed by atoms with van der Waals surface area (Å²) in [5.41, 5.74) is -0.0870. The van der Waals surface area contributed by atoms with Crippen LogP contribution in [0, 0.1) is 4.91 Å². The maximum absolute atomic E-state index is 10.3. The molecule has 9 heteroatoms. The molecule has 0 amide bonds. The third kappa shape index (κ3) is 5.27. The first-order valence-corrected chi connectivity index (χ1v) is 4.87. The molecule has 0 aliphatic rings. The Bertz CT molecular complexity index is 387. The molecule has 0 saturated carbocycles. The van der Waals surface area contributed by atoms with Crippen LogP contribution in [0.5, 0.6) is 5.75 Å². The van der Waals surface area contributed by atoms with Crippen molar-refractivity contribution in [1.29, 1.82) is 0 Å². The summed E-state index contributed by atoms with van der Waals surface area (Å²) in [6, 6.07) is 4.46. The van der Waals surface area contributed by atoms with Crippen LogP contribution >= 0.6 is 7.82 Å². The quantitative estimate of drug-likeness (QED) is 0.427. The van der Waals surface area contributed by atoms with E-state index in [1.54, 1.807) is 0 Å². The van der Waals surface area contributed by atoms with E-state index in [1.807, 2.05) is 0 Å². The van der Waals surface area contributed by atoms with Crippen LogP contribution in [-0.4, -0.2) is 44.6 Å². The van der Waals surface area contributed by atoms with E-state index < -0.39 is 7.82 Å². The number of benzene rings is 1. The van der Waals surface area contributed by atoms with Gasteiger partial charge in [-0.3, -0.25) is 4.57 Å². The van der Waals surface area contributed by atoms with Crippen molar-refractivity contribution in [3.8, 4) is 5.75 Å². The molecule has 1 atom stereocenters. The van der Waals surface area contributed by atoms with E-state index in [9.17, 15) is 14.4 Å². The van der Waals surface area contributed by atoms with Crippen LogP contribution in [0.1, 0.15) is 0 Å². The number of nitrogens with zero attached hydrogens (tertiary/aromatic N) is 1. The van der Waals surface area contributed by atoms with Crippen molar-refractivity contribution in [2.75, 3.05) is 0 Å². The van der Waals surface area contributed by atoms with Crippen molar-refractivity contribution in [3.05, 3.63) is 29.2 Å². The van der Waals surface area contributed by atoms with Gasteiger partial charge in [0.1, 0.15) is 5.75 Å². The van der Waals surface area contributed by atoms with Crippen LogP contribution < -0.4 is 9.42 Å². The summed E-state index contributed by atoms with van der Waals surface area (Å²) in [5, 5.41) is 8.42. The van der Waals surface area contributed by atoms with E-state index in [0.29, 0.717) is 0 Å². The predicted octanol–water partition coefficient (Wildman–Crippen LogP) is -0.323. The Kier molecular flexibility index (Phi) is 5.44. The van der Waals surface area contributed by atoms with Crippen LogP contribution in [0.15, 0.2) is 24.3 Å². The molecule has 0 aliphatic heterocycles. The molecule has 1 aromatic rings. The monoisotopic (exact) mass is 243 g/mol. The molecule has 1 aromatic carbocycles. The molecule has 0 bridgehead atoms. The molecule has 0 spiro atoms. The fraction of sp³-hybridized carbons (Fsp3) is 0. The van der Waals surface area contributed by atoms with Gasteiger partial charge in [-0.25, -0.2) is 5.21 Å².